The van der Waals surface area contributed by atoms with E-state index >= 15 is 0 Å². The Labute approximate surface area is 123 Å². The highest BCUT2D eigenvalue weighted by Crippen LogP contribution is 2.28. The summed E-state index contributed by atoms with van der Waals surface area (Å²) in [7, 11) is 1.82. The largest absolute Gasteiger partial charge is 0.392 e. The summed E-state index contributed by atoms with van der Waals surface area (Å²) in [5.41, 5.74) is 2.32. The molecule has 0 amide bonds. The predicted molar refractivity (Wildman–Crippen MR) is 83.2 cm³/mol. The first-order valence-corrected chi connectivity index (χ1v) is 6.76. The summed E-state index contributed by atoms with van der Waals surface area (Å²) in [5.74, 6) is 0.827. The van der Waals surface area contributed by atoms with Crippen molar-refractivity contribution in [3.05, 3.63) is 40.4 Å². The number of aromatic nitrogens is 2. The fourth-order valence-corrected chi connectivity index (χ4v) is 2.03. The summed E-state index contributed by atoms with van der Waals surface area (Å²) in [6.07, 6.45) is 0. The van der Waals surface area contributed by atoms with E-state index in [1.807, 2.05) is 13.1 Å². The number of nitroso groups, excluding NO2 is 1. The molecular weight excluding hydrogens is 268 g/mol. The average molecular weight is 288 g/mol. The highest BCUT2D eigenvalue weighted by atomic mass is 16.3. The van der Waals surface area contributed by atoms with Crippen molar-refractivity contribution in [2.75, 3.05) is 12.4 Å². The molecular formula is C15H20N4O2. The molecule has 0 bridgehead atoms. The quantitative estimate of drug-likeness (QED) is 0.847. The lowest BCUT2D eigenvalue weighted by molar-refractivity contribution is 0.282. The van der Waals surface area contributed by atoms with Gasteiger partial charge in [0.2, 0.25) is 0 Å². The normalized spacial score (nSPS) is 11.5. The third kappa shape index (κ3) is 2.95. The molecule has 0 aliphatic carbocycles. The van der Waals surface area contributed by atoms with Crippen molar-refractivity contribution in [3.8, 4) is 5.69 Å². The van der Waals surface area contributed by atoms with Gasteiger partial charge >= 0.3 is 0 Å². The SMILES string of the molecule is CNc1cc(C(C)(C)C)nn1-c1ccc(CO)c(N=O)c1. The first-order chi connectivity index (χ1) is 9.90. The number of nitrogens with zero attached hydrogens (tertiary/aromatic N) is 3. The lowest BCUT2D eigenvalue weighted by Gasteiger charge is -2.14. The highest BCUT2D eigenvalue weighted by molar-refractivity contribution is 5.56. The minimum atomic E-state index is -0.216. The Balaban J connectivity index is 2.56. The van der Waals surface area contributed by atoms with Crippen LogP contribution in [-0.4, -0.2) is 21.9 Å². The molecule has 0 unspecified atom stereocenters. The molecule has 1 heterocycles. The number of nitrogens with one attached hydrogen (secondary N) is 1. The smallest absolute Gasteiger partial charge is 0.129 e. The van der Waals surface area contributed by atoms with Gasteiger partial charge in [0.25, 0.3) is 0 Å². The van der Waals surface area contributed by atoms with Crippen molar-refractivity contribution in [2.45, 2.75) is 32.8 Å². The van der Waals surface area contributed by atoms with Crippen LogP contribution in [0.2, 0.25) is 0 Å². The third-order valence-corrected chi connectivity index (χ3v) is 3.32. The molecule has 0 aliphatic rings. The molecule has 2 aromatic rings. The number of aliphatic hydroxyl groups excluding tert-OH is 1. The molecule has 21 heavy (non-hydrogen) atoms. The lowest BCUT2D eigenvalue weighted by Crippen LogP contribution is -2.12. The van der Waals surface area contributed by atoms with Crippen LogP contribution in [0.3, 0.4) is 0 Å². The Morgan fingerprint density at radius 3 is 2.57 bits per heavy atom. The number of benzene rings is 1. The van der Waals surface area contributed by atoms with Gasteiger partial charge in [-0.1, -0.05) is 26.8 Å². The Kier molecular flexibility index (Phi) is 4.09. The van der Waals surface area contributed by atoms with Crippen LogP contribution in [0.5, 0.6) is 0 Å². The van der Waals surface area contributed by atoms with E-state index < -0.39 is 0 Å². The topological polar surface area (TPSA) is 79.5 Å². The molecule has 0 atom stereocenters. The summed E-state index contributed by atoms with van der Waals surface area (Å²) >= 11 is 0. The second-order valence-electron chi connectivity index (χ2n) is 5.89. The maximum atomic E-state index is 10.9. The van der Waals surface area contributed by atoms with Crippen LogP contribution in [0.15, 0.2) is 29.4 Å². The van der Waals surface area contributed by atoms with Crippen LogP contribution >= 0.6 is 0 Å². The van der Waals surface area contributed by atoms with Gasteiger partial charge in [0, 0.05) is 24.1 Å². The summed E-state index contributed by atoms with van der Waals surface area (Å²) in [5, 5.41) is 19.9. The molecule has 0 fully saturated rings. The van der Waals surface area contributed by atoms with Gasteiger partial charge in [-0.2, -0.15) is 5.10 Å². The second-order valence-corrected chi connectivity index (χ2v) is 5.89. The molecule has 0 saturated carbocycles. The standard InChI is InChI=1S/C15H20N4O2/c1-15(2,3)13-8-14(16-4)19(17-13)11-6-5-10(9-20)12(7-11)18-21/h5-8,16,20H,9H2,1-4H3. The first-order valence-electron chi connectivity index (χ1n) is 6.76. The Hall–Kier alpha value is -2.21. The van der Waals surface area contributed by atoms with Crippen LogP contribution in [0.4, 0.5) is 11.5 Å². The fraction of sp³-hybridized carbons (Fsp3) is 0.400. The molecule has 1 aromatic carbocycles. The zero-order valence-electron chi connectivity index (χ0n) is 12.7. The molecule has 0 spiro atoms. The Morgan fingerprint density at radius 2 is 2.05 bits per heavy atom. The van der Waals surface area contributed by atoms with Gasteiger partial charge < -0.3 is 10.4 Å². The fourth-order valence-electron chi connectivity index (χ4n) is 2.03. The van der Waals surface area contributed by atoms with Gasteiger partial charge in [-0.15, -0.1) is 4.91 Å². The summed E-state index contributed by atoms with van der Waals surface area (Å²) < 4.78 is 1.73. The van der Waals surface area contributed by atoms with E-state index in [1.54, 1.807) is 22.9 Å². The van der Waals surface area contributed by atoms with Gasteiger partial charge in [0.1, 0.15) is 11.5 Å². The Morgan fingerprint density at radius 1 is 1.33 bits per heavy atom. The summed E-state index contributed by atoms with van der Waals surface area (Å²) in [6, 6.07) is 7.09. The van der Waals surface area contributed by atoms with Gasteiger partial charge in [-0.05, 0) is 17.3 Å². The van der Waals surface area contributed by atoms with Crippen LogP contribution in [-0.2, 0) is 12.0 Å². The zero-order valence-corrected chi connectivity index (χ0v) is 12.7. The maximum absolute atomic E-state index is 10.9. The van der Waals surface area contributed by atoms with Crippen molar-refractivity contribution >= 4 is 11.5 Å². The van der Waals surface area contributed by atoms with E-state index in [9.17, 15) is 10.0 Å². The summed E-state index contributed by atoms with van der Waals surface area (Å²) in [6.45, 7) is 6.05. The van der Waals surface area contributed by atoms with Crippen molar-refractivity contribution in [2.24, 2.45) is 5.18 Å². The highest BCUT2D eigenvalue weighted by Gasteiger charge is 2.20. The molecule has 2 rings (SSSR count). The number of hydrogen-bond donors (Lipinski definition) is 2. The minimum Gasteiger partial charge on any atom is -0.392 e. The predicted octanol–water partition coefficient (Wildman–Crippen LogP) is 3.10. The molecule has 2 N–H and O–H groups in total. The summed E-state index contributed by atoms with van der Waals surface area (Å²) in [4.78, 5) is 10.9. The van der Waals surface area contributed by atoms with E-state index in [-0.39, 0.29) is 17.7 Å². The minimum absolute atomic E-state index is 0.0758. The monoisotopic (exact) mass is 288 g/mol. The zero-order chi connectivity index (χ0) is 15.6. The van der Waals surface area contributed by atoms with Crippen molar-refractivity contribution < 1.29 is 5.11 Å². The Bertz CT molecular complexity index is 656. The van der Waals surface area contributed by atoms with Crippen molar-refractivity contribution in [1.82, 2.24) is 9.78 Å². The molecule has 0 saturated heterocycles. The number of rotatable bonds is 4. The van der Waals surface area contributed by atoms with Gasteiger partial charge in [0.15, 0.2) is 0 Å². The van der Waals surface area contributed by atoms with E-state index in [0.717, 1.165) is 17.2 Å². The van der Waals surface area contributed by atoms with E-state index in [4.69, 9.17) is 0 Å². The average Bonchev–Trinajstić information content (AvgIpc) is 2.90. The third-order valence-electron chi connectivity index (χ3n) is 3.32. The molecule has 6 nitrogen and oxygen atoms in total. The molecule has 112 valence electrons. The first kappa shape index (κ1) is 15.2. The van der Waals surface area contributed by atoms with Gasteiger partial charge in [0.05, 0.1) is 18.0 Å². The van der Waals surface area contributed by atoms with E-state index in [0.29, 0.717) is 5.56 Å². The van der Waals surface area contributed by atoms with Crippen LogP contribution < -0.4 is 5.32 Å². The van der Waals surface area contributed by atoms with Crippen molar-refractivity contribution in [3.63, 3.8) is 0 Å². The van der Waals surface area contributed by atoms with E-state index in [1.165, 1.54) is 0 Å². The molecule has 0 radical (unpaired) electrons. The number of aliphatic hydroxyl groups is 1. The molecule has 6 heteroatoms. The molecule has 0 aliphatic heterocycles. The van der Waals surface area contributed by atoms with Gasteiger partial charge in [-0.3, -0.25) is 0 Å². The maximum Gasteiger partial charge on any atom is 0.129 e. The molecule has 1 aromatic heterocycles. The van der Waals surface area contributed by atoms with Crippen LogP contribution in [0.1, 0.15) is 32.0 Å². The number of hydrogen-bond acceptors (Lipinski definition) is 5. The van der Waals surface area contributed by atoms with Crippen LogP contribution in [0.25, 0.3) is 5.69 Å². The van der Waals surface area contributed by atoms with E-state index in [2.05, 4.69) is 36.4 Å². The van der Waals surface area contributed by atoms with Crippen molar-refractivity contribution in [1.29, 1.82) is 0 Å². The lowest BCUT2D eigenvalue weighted by atomic mass is 9.92. The van der Waals surface area contributed by atoms with Crippen LogP contribution in [0, 0.1) is 4.91 Å². The second kappa shape index (κ2) is 5.65. The van der Waals surface area contributed by atoms with Gasteiger partial charge in [-0.25, -0.2) is 4.68 Å². The number of anilines is 1.